The summed E-state index contributed by atoms with van der Waals surface area (Å²) in [7, 11) is -2.08. The second kappa shape index (κ2) is 8.08. The Bertz CT molecular complexity index is 1020. The maximum atomic E-state index is 13.2. The minimum atomic E-state index is -2.08. The SMILES string of the molecule is C[C@@H](O[Si](C)(C)C(C)(C)C)[C@H](/C=C1\CCc2cc3ccccc3nc2C1=O)C(N)=O. The molecule has 1 aromatic carbocycles. The highest BCUT2D eigenvalue weighted by molar-refractivity contribution is 6.74. The highest BCUT2D eigenvalue weighted by atomic mass is 28.4. The van der Waals surface area contributed by atoms with Crippen LogP contribution in [0.2, 0.25) is 18.1 Å². The van der Waals surface area contributed by atoms with E-state index in [9.17, 15) is 9.59 Å². The molecule has 0 radical (unpaired) electrons. The van der Waals surface area contributed by atoms with Crippen molar-refractivity contribution in [2.24, 2.45) is 11.7 Å². The third-order valence-corrected chi connectivity index (χ3v) is 11.0. The topological polar surface area (TPSA) is 82.3 Å². The number of hydrogen-bond donors (Lipinski definition) is 1. The number of allylic oxidation sites excluding steroid dienone is 1. The van der Waals surface area contributed by atoms with Crippen molar-refractivity contribution >= 4 is 30.9 Å². The molecule has 1 aliphatic rings. The number of nitrogens with zero attached hydrogens (tertiary/aromatic N) is 1. The first-order chi connectivity index (χ1) is 13.9. The van der Waals surface area contributed by atoms with Crippen LogP contribution in [-0.4, -0.2) is 31.1 Å². The van der Waals surface area contributed by atoms with Crippen LogP contribution in [0.5, 0.6) is 0 Å². The zero-order valence-corrected chi connectivity index (χ0v) is 19.8. The van der Waals surface area contributed by atoms with E-state index in [1.165, 1.54) is 0 Å². The average Bonchev–Trinajstić information content (AvgIpc) is 2.64. The number of aryl methyl sites for hydroxylation is 1. The van der Waals surface area contributed by atoms with Gasteiger partial charge in [-0.3, -0.25) is 9.59 Å². The molecule has 5 nitrogen and oxygen atoms in total. The molecule has 1 aliphatic carbocycles. The van der Waals surface area contributed by atoms with Crippen LogP contribution in [-0.2, 0) is 15.6 Å². The van der Waals surface area contributed by atoms with E-state index in [4.69, 9.17) is 10.2 Å². The molecule has 1 heterocycles. The lowest BCUT2D eigenvalue weighted by Crippen LogP contribution is -2.46. The summed E-state index contributed by atoms with van der Waals surface area (Å²) in [5.74, 6) is -1.24. The van der Waals surface area contributed by atoms with Crippen LogP contribution in [0.4, 0.5) is 0 Å². The van der Waals surface area contributed by atoms with Crippen LogP contribution >= 0.6 is 0 Å². The second-order valence-corrected chi connectivity index (χ2v) is 14.5. The Morgan fingerprint density at radius 2 is 1.90 bits per heavy atom. The van der Waals surface area contributed by atoms with E-state index in [0.717, 1.165) is 16.5 Å². The van der Waals surface area contributed by atoms with Crippen LogP contribution < -0.4 is 5.73 Å². The van der Waals surface area contributed by atoms with E-state index in [2.05, 4.69) is 38.8 Å². The molecule has 0 unspecified atom stereocenters. The number of carbonyl (C=O) groups is 2. The van der Waals surface area contributed by atoms with Gasteiger partial charge in [0.2, 0.25) is 11.7 Å². The van der Waals surface area contributed by atoms with Gasteiger partial charge in [0.15, 0.2) is 8.32 Å². The van der Waals surface area contributed by atoms with Crippen LogP contribution in [0.25, 0.3) is 10.9 Å². The first-order valence-electron chi connectivity index (χ1n) is 10.5. The molecule has 0 spiro atoms. The standard InChI is InChI=1S/C24H32N2O3Si/c1-15(29-30(5,6)24(2,3)4)19(23(25)28)14-18-12-11-17-13-16-9-7-8-10-20(16)26-21(17)22(18)27/h7-10,13-15,19H,11-12H2,1-6H3,(H2,25,28)/b18-14+/t15-,19+/m1/s1. The number of ketones is 1. The van der Waals surface area contributed by atoms with Gasteiger partial charge in [0.05, 0.1) is 17.5 Å². The molecule has 0 bridgehead atoms. The number of Topliss-reactive ketones (excluding diaryl/α,β-unsaturated/α-hetero) is 1. The molecule has 3 rings (SSSR count). The molecule has 1 amide bonds. The van der Waals surface area contributed by atoms with E-state index < -0.39 is 26.2 Å². The molecular formula is C24H32N2O3Si. The first-order valence-corrected chi connectivity index (χ1v) is 13.4. The fraction of sp³-hybridized carbons (Fsp3) is 0.458. The summed E-state index contributed by atoms with van der Waals surface area (Å²) in [5.41, 5.74) is 8.55. The monoisotopic (exact) mass is 424 g/mol. The summed E-state index contributed by atoms with van der Waals surface area (Å²) in [5, 5.41) is 1.05. The number of carbonyl (C=O) groups excluding carboxylic acids is 2. The molecule has 30 heavy (non-hydrogen) atoms. The van der Waals surface area contributed by atoms with Gasteiger partial charge in [-0.2, -0.15) is 0 Å². The van der Waals surface area contributed by atoms with E-state index in [0.29, 0.717) is 24.1 Å². The Hall–Kier alpha value is -2.31. The van der Waals surface area contributed by atoms with Crippen LogP contribution in [0.1, 0.15) is 50.2 Å². The molecular weight excluding hydrogens is 392 g/mol. The molecule has 0 aliphatic heterocycles. The number of pyridine rings is 1. The van der Waals surface area contributed by atoms with Gasteiger partial charge in [0, 0.05) is 5.39 Å². The van der Waals surface area contributed by atoms with Gasteiger partial charge in [-0.05, 0) is 61.2 Å². The molecule has 0 saturated carbocycles. The van der Waals surface area contributed by atoms with Crippen molar-refractivity contribution in [3.05, 3.63) is 53.2 Å². The predicted octanol–water partition coefficient (Wildman–Crippen LogP) is 4.80. The first kappa shape index (κ1) is 22.4. The lowest BCUT2D eigenvalue weighted by Gasteiger charge is -2.39. The summed E-state index contributed by atoms with van der Waals surface area (Å²) in [4.78, 5) is 30.0. The fourth-order valence-corrected chi connectivity index (χ4v) is 5.05. The van der Waals surface area contributed by atoms with Gasteiger partial charge in [-0.15, -0.1) is 0 Å². The quantitative estimate of drug-likeness (QED) is 0.552. The highest BCUT2D eigenvalue weighted by Gasteiger charge is 2.40. The van der Waals surface area contributed by atoms with E-state index >= 15 is 0 Å². The Kier molecular flexibility index (Phi) is 6.02. The molecule has 0 saturated heterocycles. The smallest absolute Gasteiger partial charge is 0.226 e. The summed E-state index contributed by atoms with van der Waals surface area (Å²) in [6.07, 6.45) is 2.62. The Morgan fingerprint density at radius 3 is 2.53 bits per heavy atom. The van der Waals surface area contributed by atoms with Gasteiger partial charge in [-0.25, -0.2) is 4.98 Å². The summed E-state index contributed by atoms with van der Waals surface area (Å²) in [6.45, 7) is 12.6. The van der Waals surface area contributed by atoms with Crippen molar-refractivity contribution in [3.63, 3.8) is 0 Å². The molecule has 2 atom stereocenters. The average molecular weight is 425 g/mol. The number of nitrogens with two attached hydrogens (primary N) is 1. The third kappa shape index (κ3) is 4.39. The molecule has 6 heteroatoms. The van der Waals surface area contributed by atoms with Crippen molar-refractivity contribution in [2.45, 2.75) is 64.8 Å². The minimum Gasteiger partial charge on any atom is -0.413 e. The Morgan fingerprint density at radius 1 is 1.23 bits per heavy atom. The van der Waals surface area contributed by atoms with Gasteiger partial charge in [-0.1, -0.05) is 45.0 Å². The van der Waals surface area contributed by atoms with Crippen LogP contribution in [0.15, 0.2) is 42.0 Å². The lowest BCUT2D eigenvalue weighted by molar-refractivity contribution is -0.122. The molecule has 0 fully saturated rings. The second-order valence-electron chi connectivity index (χ2n) is 9.72. The van der Waals surface area contributed by atoms with Gasteiger partial charge >= 0.3 is 0 Å². The number of amides is 1. The van der Waals surface area contributed by atoms with E-state index in [-0.39, 0.29) is 10.8 Å². The van der Waals surface area contributed by atoms with E-state index in [1.54, 1.807) is 6.08 Å². The van der Waals surface area contributed by atoms with E-state index in [1.807, 2.05) is 37.3 Å². The maximum Gasteiger partial charge on any atom is 0.226 e. The summed E-state index contributed by atoms with van der Waals surface area (Å²) in [6, 6.07) is 9.83. The van der Waals surface area contributed by atoms with Crippen molar-refractivity contribution < 1.29 is 14.0 Å². The number of para-hydroxylation sites is 1. The largest absolute Gasteiger partial charge is 0.413 e. The molecule has 160 valence electrons. The zero-order valence-electron chi connectivity index (χ0n) is 18.8. The summed E-state index contributed by atoms with van der Waals surface area (Å²) >= 11 is 0. The third-order valence-electron chi connectivity index (χ3n) is 6.48. The summed E-state index contributed by atoms with van der Waals surface area (Å²) < 4.78 is 6.40. The minimum absolute atomic E-state index is 0.0151. The Labute approximate surface area is 179 Å². The maximum absolute atomic E-state index is 13.2. The number of hydrogen-bond acceptors (Lipinski definition) is 4. The van der Waals surface area contributed by atoms with Crippen molar-refractivity contribution in [1.29, 1.82) is 0 Å². The lowest BCUT2D eigenvalue weighted by atomic mass is 9.86. The normalized spacial score (nSPS) is 18.3. The molecule has 2 N–H and O–H groups in total. The number of fused-ring (bicyclic) bond motifs is 2. The predicted molar refractivity (Wildman–Crippen MR) is 123 cm³/mol. The van der Waals surface area contributed by atoms with Gasteiger partial charge in [0.1, 0.15) is 5.69 Å². The van der Waals surface area contributed by atoms with Crippen LogP contribution in [0.3, 0.4) is 0 Å². The van der Waals surface area contributed by atoms with Crippen molar-refractivity contribution in [3.8, 4) is 0 Å². The number of benzene rings is 1. The Balaban J connectivity index is 1.91. The number of aromatic nitrogens is 1. The van der Waals surface area contributed by atoms with Gasteiger partial charge in [0.25, 0.3) is 0 Å². The molecule has 1 aromatic heterocycles. The zero-order chi connectivity index (χ0) is 22.3. The fourth-order valence-electron chi connectivity index (χ4n) is 3.62. The van der Waals surface area contributed by atoms with Crippen molar-refractivity contribution in [2.75, 3.05) is 0 Å². The van der Waals surface area contributed by atoms with Crippen molar-refractivity contribution in [1.82, 2.24) is 4.98 Å². The highest BCUT2D eigenvalue weighted by Crippen LogP contribution is 2.38. The molecule has 2 aromatic rings. The van der Waals surface area contributed by atoms with Gasteiger partial charge < -0.3 is 10.2 Å². The van der Waals surface area contributed by atoms with Crippen LogP contribution in [0, 0.1) is 5.92 Å². The number of primary amides is 1. The number of rotatable bonds is 5.